The summed E-state index contributed by atoms with van der Waals surface area (Å²) in [4.78, 5) is 11.8. The van der Waals surface area contributed by atoms with Crippen molar-refractivity contribution in [2.24, 2.45) is 11.8 Å². The molecule has 0 fully saturated rings. The number of phenolic OH excluding ortho intramolecular Hbond substituents is 1. The van der Waals surface area contributed by atoms with Gasteiger partial charge in [0.15, 0.2) is 0 Å². The molecule has 3 heteroatoms. The summed E-state index contributed by atoms with van der Waals surface area (Å²) >= 11 is 0. The fourth-order valence-corrected chi connectivity index (χ4v) is 1.73. The molecule has 0 bridgehead atoms. The molecule has 0 aliphatic heterocycles. The number of esters is 1. The zero-order chi connectivity index (χ0) is 12.8. The molecule has 0 saturated heterocycles. The molecule has 0 amide bonds. The molecule has 1 atom stereocenters. The van der Waals surface area contributed by atoms with Crippen LogP contribution in [0.2, 0.25) is 0 Å². The minimum Gasteiger partial charge on any atom is -0.508 e. The molecule has 0 aliphatic rings. The Morgan fingerprint density at radius 3 is 2.35 bits per heavy atom. The maximum atomic E-state index is 11.8. The number of hydrogen-bond donors (Lipinski definition) is 1. The van der Waals surface area contributed by atoms with E-state index >= 15 is 0 Å². The average molecular weight is 236 g/mol. The van der Waals surface area contributed by atoms with Crippen molar-refractivity contribution in [3.63, 3.8) is 0 Å². The Hall–Kier alpha value is -1.51. The summed E-state index contributed by atoms with van der Waals surface area (Å²) in [7, 11) is 0. The molecule has 17 heavy (non-hydrogen) atoms. The van der Waals surface area contributed by atoms with E-state index in [1.165, 1.54) is 0 Å². The van der Waals surface area contributed by atoms with Gasteiger partial charge in [-0.1, -0.05) is 26.0 Å². The molecule has 0 aromatic heterocycles. The highest BCUT2D eigenvalue weighted by Crippen LogP contribution is 2.20. The minimum atomic E-state index is -0.143. The zero-order valence-corrected chi connectivity index (χ0v) is 10.6. The first-order chi connectivity index (χ1) is 8.04. The van der Waals surface area contributed by atoms with Gasteiger partial charge in [-0.3, -0.25) is 4.79 Å². The lowest BCUT2D eigenvalue weighted by Gasteiger charge is -2.19. The van der Waals surface area contributed by atoms with Gasteiger partial charge in [0.2, 0.25) is 0 Å². The first kappa shape index (κ1) is 13.6. The molecule has 1 aromatic carbocycles. The van der Waals surface area contributed by atoms with E-state index in [1.54, 1.807) is 12.1 Å². The Balaban J connectivity index is 2.73. The zero-order valence-electron chi connectivity index (χ0n) is 10.6. The highest BCUT2D eigenvalue weighted by atomic mass is 16.5. The summed E-state index contributed by atoms with van der Waals surface area (Å²) in [5.74, 6) is 0.212. The number of aromatic hydroxyl groups is 1. The summed E-state index contributed by atoms with van der Waals surface area (Å²) in [5.41, 5.74) is 1.04. The molecule has 0 radical (unpaired) electrons. The topological polar surface area (TPSA) is 46.5 Å². The van der Waals surface area contributed by atoms with E-state index in [0.717, 1.165) is 5.56 Å². The summed E-state index contributed by atoms with van der Waals surface area (Å²) in [6.07, 6.45) is 0.650. The lowest BCUT2D eigenvalue weighted by atomic mass is 9.89. The molecule has 1 unspecified atom stereocenters. The fraction of sp³-hybridized carbons (Fsp3) is 0.500. The van der Waals surface area contributed by atoms with Gasteiger partial charge in [-0.25, -0.2) is 0 Å². The van der Waals surface area contributed by atoms with Crippen LogP contribution in [0.15, 0.2) is 24.3 Å². The van der Waals surface area contributed by atoms with Crippen LogP contribution >= 0.6 is 0 Å². The molecule has 0 aliphatic carbocycles. The Labute approximate surface area is 102 Å². The van der Waals surface area contributed by atoms with Crippen LogP contribution < -0.4 is 0 Å². The van der Waals surface area contributed by atoms with Crippen LogP contribution in [0.25, 0.3) is 0 Å². The number of benzene rings is 1. The van der Waals surface area contributed by atoms with Gasteiger partial charge in [-0.2, -0.15) is 0 Å². The van der Waals surface area contributed by atoms with Crippen LogP contribution in [-0.4, -0.2) is 17.7 Å². The second-order valence-electron chi connectivity index (χ2n) is 4.47. The van der Waals surface area contributed by atoms with Gasteiger partial charge in [0, 0.05) is 0 Å². The number of rotatable bonds is 5. The van der Waals surface area contributed by atoms with Gasteiger partial charge in [0.25, 0.3) is 0 Å². The van der Waals surface area contributed by atoms with E-state index in [2.05, 4.69) is 0 Å². The third-order valence-electron chi connectivity index (χ3n) is 2.79. The van der Waals surface area contributed by atoms with Gasteiger partial charge in [-0.15, -0.1) is 0 Å². The van der Waals surface area contributed by atoms with E-state index < -0.39 is 0 Å². The van der Waals surface area contributed by atoms with Crippen molar-refractivity contribution in [3.05, 3.63) is 29.8 Å². The lowest BCUT2D eigenvalue weighted by Crippen LogP contribution is -2.25. The minimum absolute atomic E-state index is 0.125. The predicted octanol–water partition coefficient (Wildman–Crippen LogP) is 2.77. The van der Waals surface area contributed by atoms with Crippen molar-refractivity contribution in [3.8, 4) is 5.75 Å². The maximum absolute atomic E-state index is 11.8. The van der Waals surface area contributed by atoms with Crippen LogP contribution in [0.4, 0.5) is 0 Å². The van der Waals surface area contributed by atoms with E-state index in [1.807, 2.05) is 32.9 Å². The van der Waals surface area contributed by atoms with E-state index in [9.17, 15) is 9.90 Å². The van der Waals surface area contributed by atoms with E-state index in [-0.39, 0.29) is 23.6 Å². The standard InChI is InChI=1S/C14H20O3/c1-4-17-14(16)13(10(2)3)9-11-5-7-12(15)8-6-11/h5-8,10,13,15H,4,9H2,1-3H3. The van der Waals surface area contributed by atoms with Crippen molar-refractivity contribution in [1.29, 1.82) is 0 Å². The first-order valence-electron chi connectivity index (χ1n) is 5.99. The first-order valence-corrected chi connectivity index (χ1v) is 5.99. The van der Waals surface area contributed by atoms with Crippen LogP contribution in [0, 0.1) is 11.8 Å². The predicted molar refractivity (Wildman–Crippen MR) is 66.8 cm³/mol. The van der Waals surface area contributed by atoms with Crippen molar-refractivity contribution >= 4 is 5.97 Å². The Morgan fingerprint density at radius 2 is 1.88 bits per heavy atom. The second-order valence-corrected chi connectivity index (χ2v) is 4.47. The summed E-state index contributed by atoms with van der Waals surface area (Å²) in [6.45, 7) is 6.26. The van der Waals surface area contributed by atoms with Crippen molar-refractivity contribution < 1.29 is 14.6 Å². The van der Waals surface area contributed by atoms with Crippen LogP contribution in [0.3, 0.4) is 0 Å². The number of carbonyl (C=O) groups excluding carboxylic acids is 1. The summed E-state index contributed by atoms with van der Waals surface area (Å²) < 4.78 is 5.07. The number of carbonyl (C=O) groups is 1. The van der Waals surface area contributed by atoms with Crippen LogP contribution in [0.1, 0.15) is 26.3 Å². The summed E-state index contributed by atoms with van der Waals surface area (Å²) in [5, 5.41) is 9.20. The van der Waals surface area contributed by atoms with Gasteiger partial charge in [0.05, 0.1) is 12.5 Å². The Morgan fingerprint density at radius 1 is 1.29 bits per heavy atom. The molecule has 0 saturated carbocycles. The van der Waals surface area contributed by atoms with Gasteiger partial charge >= 0.3 is 5.97 Å². The molecule has 0 heterocycles. The smallest absolute Gasteiger partial charge is 0.309 e. The molecule has 1 N–H and O–H groups in total. The summed E-state index contributed by atoms with van der Waals surface area (Å²) in [6, 6.07) is 6.95. The number of phenols is 1. The van der Waals surface area contributed by atoms with Gasteiger partial charge in [-0.05, 0) is 37.0 Å². The third kappa shape index (κ3) is 4.10. The van der Waals surface area contributed by atoms with Crippen LogP contribution in [-0.2, 0) is 16.0 Å². The molecule has 0 spiro atoms. The largest absolute Gasteiger partial charge is 0.508 e. The van der Waals surface area contributed by atoms with E-state index in [4.69, 9.17) is 4.74 Å². The van der Waals surface area contributed by atoms with Crippen LogP contribution in [0.5, 0.6) is 5.75 Å². The molecule has 1 rings (SSSR count). The quantitative estimate of drug-likeness (QED) is 0.800. The monoisotopic (exact) mass is 236 g/mol. The van der Waals surface area contributed by atoms with Crippen molar-refractivity contribution in [1.82, 2.24) is 0 Å². The Kier molecular flexibility index (Phi) is 5.01. The lowest BCUT2D eigenvalue weighted by molar-refractivity contribution is -0.149. The molecule has 94 valence electrons. The van der Waals surface area contributed by atoms with Gasteiger partial charge < -0.3 is 9.84 Å². The fourth-order valence-electron chi connectivity index (χ4n) is 1.73. The normalized spacial score (nSPS) is 12.5. The molecule has 3 nitrogen and oxygen atoms in total. The second kappa shape index (κ2) is 6.28. The van der Waals surface area contributed by atoms with Gasteiger partial charge in [0.1, 0.15) is 5.75 Å². The molecule has 1 aromatic rings. The third-order valence-corrected chi connectivity index (χ3v) is 2.79. The molecular formula is C14H20O3. The average Bonchev–Trinajstić information content (AvgIpc) is 2.28. The maximum Gasteiger partial charge on any atom is 0.309 e. The highest BCUT2D eigenvalue weighted by molar-refractivity contribution is 5.73. The number of ether oxygens (including phenoxy) is 1. The molecular weight excluding hydrogens is 216 g/mol. The highest BCUT2D eigenvalue weighted by Gasteiger charge is 2.23. The van der Waals surface area contributed by atoms with Crippen molar-refractivity contribution in [2.45, 2.75) is 27.2 Å². The SMILES string of the molecule is CCOC(=O)C(Cc1ccc(O)cc1)C(C)C. The number of hydrogen-bond acceptors (Lipinski definition) is 3. The van der Waals surface area contributed by atoms with Crippen molar-refractivity contribution in [2.75, 3.05) is 6.61 Å². The Bertz CT molecular complexity index is 354. The van der Waals surface area contributed by atoms with E-state index in [0.29, 0.717) is 13.0 Å².